The highest BCUT2D eigenvalue weighted by atomic mass is 16.2. The van der Waals surface area contributed by atoms with E-state index in [1.165, 1.54) is 0 Å². The molecular weight excluding hydrogens is 216 g/mol. The second kappa shape index (κ2) is 5.82. The predicted octanol–water partition coefficient (Wildman–Crippen LogP) is 1.07. The zero-order valence-electron chi connectivity index (χ0n) is 11.1. The molecule has 0 fully saturated rings. The molecule has 2 unspecified atom stereocenters. The fourth-order valence-corrected chi connectivity index (χ4v) is 1.83. The Balaban J connectivity index is 2.81. The molecule has 0 bridgehead atoms. The molecular formula is C12H22N4O. The van der Waals surface area contributed by atoms with Gasteiger partial charge in [-0.2, -0.15) is 5.10 Å². The smallest absolute Gasteiger partial charge is 0.244 e. The van der Waals surface area contributed by atoms with Crippen LogP contribution in [0.5, 0.6) is 0 Å². The maximum atomic E-state index is 12.2. The number of nitrogens with two attached hydrogens (primary N) is 1. The van der Waals surface area contributed by atoms with Crippen LogP contribution >= 0.6 is 0 Å². The van der Waals surface area contributed by atoms with Crippen LogP contribution in [0.15, 0.2) is 12.4 Å². The van der Waals surface area contributed by atoms with Crippen LogP contribution in [-0.4, -0.2) is 33.2 Å². The summed E-state index contributed by atoms with van der Waals surface area (Å²) in [6, 6.07) is -0.395. The SMILES string of the molecule is CCC(C)N(CC)C(=O)C(N)c1cnn(C)c1. The fourth-order valence-electron chi connectivity index (χ4n) is 1.83. The summed E-state index contributed by atoms with van der Waals surface area (Å²) < 4.78 is 1.65. The molecule has 0 aromatic carbocycles. The Morgan fingerprint density at radius 3 is 2.65 bits per heavy atom. The van der Waals surface area contributed by atoms with Gasteiger partial charge in [-0.3, -0.25) is 9.48 Å². The number of carbonyl (C=O) groups is 1. The van der Waals surface area contributed by atoms with Crippen LogP contribution in [0.4, 0.5) is 0 Å². The van der Waals surface area contributed by atoms with Crippen LogP contribution in [0.1, 0.15) is 38.8 Å². The molecule has 0 aliphatic rings. The number of amides is 1. The molecule has 17 heavy (non-hydrogen) atoms. The Kier molecular flexibility index (Phi) is 4.69. The Morgan fingerprint density at radius 2 is 2.24 bits per heavy atom. The van der Waals surface area contributed by atoms with Gasteiger partial charge >= 0.3 is 0 Å². The van der Waals surface area contributed by atoms with Gasteiger partial charge in [0.15, 0.2) is 0 Å². The average Bonchev–Trinajstić information content (AvgIpc) is 2.75. The lowest BCUT2D eigenvalue weighted by Gasteiger charge is -2.29. The van der Waals surface area contributed by atoms with Crippen LogP contribution in [0.25, 0.3) is 0 Å². The maximum absolute atomic E-state index is 12.2. The average molecular weight is 238 g/mol. The van der Waals surface area contributed by atoms with Crippen molar-refractivity contribution >= 4 is 5.91 Å². The van der Waals surface area contributed by atoms with Gasteiger partial charge in [0.25, 0.3) is 0 Å². The van der Waals surface area contributed by atoms with E-state index in [2.05, 4.69) is 12.0 Å². The molecule has 5 heteroatoms. The van der Waals surface area contributed by atoms with Crippen molar-refractivity contribution in [3.05, 3.63) is 18.0 Å². The molecule has 1 aromatic heterocycles. The molecule has 1 heterocycles. The van der Waals surface area contributed by atoms with Crippen molar-refractivity contribution < 1.29 is 4.79 Å². The van der Waals surface area contributed by atoms with Gasteiger partial charge in [-0.15, -0.1) is 0 Å². The molecule has 0 saturated carbocycles. The topological polar surface area (TPSA) is 64.2 Å². The minimum atomic E-state index is -0.613. The molecule has 0 aliphatic carbocycles. The minimum absolute atomic E-state index is 0.0325. The monoisotopic (exact) mass is 238 g/mol. The lowest BCUT2D eigenvalue weighted by molar-refractivity contribution is -0.134. The number of nitrogens with zero attached hydrogens (tertiary/aromatic N) is 3. The fraction of sp³-hybridized carbons (Fsp3) is 0.667. The van der Waals surface area contributed by atoms with Crippen LogP contribution in [0.3, 0.4) is 0 Å². The third-order valence-corrected chi connectivity index (χ3v) is 3.10. The van der Waals surface area contributed by atoms with Crippen molar-refractivity contribution in [1.82, 2.24) is 14.7 Å². The van der Waals surface area contributed by atoms with Crippen LogP contribution in [0, 0.1) is 0 Å². The first-order valence-electron chi connectivity index (χ1n) is 6.05. The number of hydrogen-bond donors (Lipinski definition) is 1. The Hall–Kier alpha value is -1.36. The summed E-state index contributed by atoms with van der Waals surface area (Å²) in [7, 11) is 1.81. The highest BCUT2D eigenvalue weighted by molar-refractivity contribution is 5.83. The molecule has 0 spiro atoms. The van der Waals surface area contributed by atoms with Crippen LogP contribution < -0.4 is 5.73 Å². The third-order valence-electron chi connectivity index (χ3n) is 3.10. The van der Waals surface area contributed by atoms with Gasteiger partial charge in [-0.25, -0.2) is 0 Å². The second-order valence-corrected chi connectivity index (χ2v) is 4.31. The molecule has 1 amide bonds. The molecule has 96 valence electrons. The van der Waals surface area contributed by atoms with E-state index in [9.17, 15) is 4.79 Å². The van der Waals surface area contributed by atoms with Crippen molar-refractivity contribution in [1.29, 1.82) is 0 Å². The summed E-state index contributed by atoms with van der Waals surface area (Å²) in [6.07, 6.45) is 4.36. The van der Waals surface area contributed by atoms with E-state index < -0.39 is 6.04 Å². The highest BCUT2D eigenvalue weighted by Gasteiger charge is 2.25. The first kappa shape index (κ1) is 13.7. The lowest BCUT2D eigenvalue weighted by Crippen LogP contribution is -2.43. The molecule has 1 rings (SSSR count). The van der Waals surface area contributed by atoms with Gasteiger partial charge in [0.1, 0.15) is 6.04 Å². The summed E-state index contributed by atoms with van der Waals surface area (Å²) in [5, 5.41) is 4.04. The van der Waals surface area contributed by atoms with E-state index in [0.717, 1.165) is 12.0 Å². The highest BCUT2D eigenvalue weighted by Crippen LogP contribution is 2.15. The zero-order valence-corrected chi connectivity index (χ0v) is 11.1. The van der Waals surface area contributed by atoms with Crippen LogP contribution in [-0.2, 0) is 11.8 Å². The van der Waals surface area contributed by atoms with Gasteiger partial charge in [-0.05, 0) is 20.3 Å². The first-order valence-corrected chi connectivity index (χ1v) is 6.05. The summed E-state index contributed by atoms with van der Waals surface area (Å²) in [6.45, 7) is 6.76. The maximum Gasteiger partial charge on any atom is 0.244 e. The van der Waals surface area contributed by atoms with Crippen molar-refractivity contribution in [2.75, 3.05) is 6.54 Å². The number of aryl methyl sites for hydroxylation is 1. The largest absolute Gasteiger partial charge is 0.339 e. The standard InChI is InChI=1S/C12H22N4O/c1-5-9(3)16(6-2)12(17)11(13)10-7-14-15(4)8-10/h7-9,11H,5-6,13H2,1-4H3. The Morgan fingerprint density at radius 1 is 1.59 bits per heavy atom. The number of rotatable bonds is 5. The first-order chi connectivity index (χ1) is 8.01. The normalized spacial score (nSPS) is 14.4. The molecule has 0 saturated heterocycles. The van der Waals surface area contributed by atoms with E-state index in [0.29, 0.717) is 6.54 Å². The van der Waals surface area contributed by atoms with Gasteiger partial charge in [-0.1, -0.05) is 6.92 Å². The second-order valence-electron chi connectivity index (χ2n) is 4.31. The van der Waals surface area contributed by atoms with Gasteiger partial charge in [0.05, 0.1) is 6.20 Å². The van der Waals surface area contributed by atoms with Crippen molar-refractivity contribution in [3.63, 3.8) is 0 Å². The lowest BCUT2D eigenvalue weighted by atomic mass is 10.1. The Labute approximate surface area is 103 Å². The summed E-state index contributed by atoms with van der Waals surface area (Å²) >= 11 is 0. The van der Waals surface area contributed by atoms with Crippen molar-refractivity contribution in [2.45, 2.75) is 39.3 Å². The summed E-state index contributed by atoms with van der Waals surface area (Å²) in [5.41, 5.74) is 6.74. The number of carbonyl (C=O) groups excluding carboxylic acids is 1. The van der Waals surface area contributed by atoms with E-state index in [1.54, 1.807) is 17.1 Å². The van der Waals surface area contributed by atoms with Crippen molar-refractivity contribution in [2.24, 2.45) is 12.8 Å². The van der Waals surface area contributed by atoms with Crippen molar-refractivity contribution in [3.8, 4) is 0 Å². The number of aromatic nitrogens is 2. The Bertz CT molecular complexity index is 374. The zero-order chi connectivity index (χ0) is 13.0. The predicted molar refractivity (Wildman–Crippen MR) is 67.3 cm³/mol. The third kappa shape index (κ3) is 3.06. The van der Waals surface area contributed by atoms with Crippen LogP contribution in [0.2, 0.25) is 0 Å². The molecule has 5 nitrogen and oxygen atoms in total. The molecule has 2 N–H and O–H groups in total. The van der Waals surface area contributed by atoms with Gasteiger partial charge in [0.2, 0.25) is 5.91 Å². The molecule has 1 aromatic rings. The van der Waals surface area contributed by atoms with Gasteiger partial charge in [0, 0.05) is 31.4 Å². The molecule has 0 radical (unpaired) electrons. The van der Waals surface area contributed by atoms with E-state index in [1.807, 2.05) is 25.8 Å². The number of hydrogen-bond acceptors (Lipinski definition) is 3. The summed E-state index contributed by atoms with van der Waals surface area (Å²) in [5.74, 6) is -0.0325. The number of likely N-dealkylation sites (N-methyl/N-ethyl adjacent to an activating group) is 1. The quantitative estimate of drug-likeness (QED) is 0.834. The molecule has 0 aliphatic heterocycles. The minimum Gasteiger partial charge on any atom is -0.339 e. The summed E-state index contributed by atoms with van der Waals surface area (Å²) in [4.78, 5) is 14.1. The van der Waals surface area contributed by atoms with Gasteiger partial charge < -0.3 is 10.6 Å². The van der Waals surface area contributed by atoms with E-state index >= 15 is 0 Å². The van der Waals surface area contributed by atoms with E-state index in [-0.39, 0.29) is 11.9 Å². The molecule has 2 atom stereocenters. The van der Waals surface area contributed by atoms with E-state index in [4.69, 9.17) is 5.73 Å².